The van der Waals surface area contributed by atoms with Crippen molar-refractivity contribution >= 4 is 73.7 Å². The summed E-state index contributed by atoms with van der Waals surface area (Å²) in [6, 6.07) is 17.5. The fraction of sp³-hybridized carbons (Fsp3) is 0.231. The van der Waals surface area contributed by atoms with Crippen LogP contribution in [0.3, 0.4) is 0 Å². The molecular weight excluding hydrogens is 597 g/mol. The standard InChI is InChI=1S/C39H34O4S2/c1-5-27-37-33(45-38(27)25-14-16-28-23(20-25)10-8-12-31(28)42-34(40)6-2)19-18-30-36(37)22(4)44-39(30)26-15-17-29-24(21-26)11-9-13-32(29)43-35(41)7-3/h5,8-11,14-21,31-32H,1,6-7,12-13H2,2-4H3. The summed E-state index contributed by atoms with van der Waals surface area (Å²) >= 11 is 3.62. The molecule has 0 amide bonds. The average Bonchev–Trinajstić information content (AvgIpc) is 3.61. The minimum atomic E-state index is -0.240. The number of aryl methyl sites for hydroxylation is 1. The molecule has 2 unspecified atom stereocenters. The Hall–Kier alpha value is -4.26. The Morgan fingerprint density at radius 2 is 1.38 bits per heavy atom. The van der Waals surface area contributed by atoms with Gasteiger partial charge < -0.3 is 9.47 Å². The van der Waals surface area contributed by atoms with Crippen LogP contribution >= 0.6 is 22.7 Å². The third kappa shape index (κ3) is 5.16. The molecule has 6 heteroatoms. The monoisotopic (exact) mass is 630 g/mol. The molecule has 2 heterocycles. The molecule has 2 aliphatic rings. The molecule has 2 aromatic heterocycles. The highest BCUT2D eigenvalue weighted by Gasteiger charge is 2.25. The first-order valence-corrected chi connectivity index (χ1v) is 17.1. The van der Waals surface area contributed by atoms with Crippen LogP contribution in [0, 0.1) is 6.92 Å². The molecule has 3 aromatic carbocycles. The summed E-state index contributed by atoms with van der Waals surface area (Å²) < 4.78 is 12.7. The SMILES string of the molecule is C=Cc1c(-c2ccc3c(c2)C=CCC3OC(=O)CC)sc2ccc3c(-c4ccc5c(c4)C=CCC5OC(=O)CC)sc(C)c3c12. The van der Waals surface area contributed by atoms with Crippen LogP contribution in [0.25, 0.3) is 60.0 Å². The van der Waals surface area contributed by atoms with Crippen molar-refractivity contribution in [1.82, 2.24) is 0 Å². The van der Waals surface area contributed by atoms with Gasteiger partial charge in [0.1, 0.15) is 12.2 Å². The zero-order valence-electron chi connectivity index (χ0n) is 25.6. The summed E-state index contributed by atoms with van der Waals surface area (Å²) in [6.07, 6.45) is 12.1. The van der Waals surface area contributed by atoms with E-state index in [-0.39, 0.29) is 24.1 Å². The van der Waals surface area contributed by atoms with Gasteiger partial charge in [0, 0.05) is 77.9 Å². The topological polar surface area (TPSA) is 52.6 Å². The number of thiophene rings is 2. The average molecular weight is 631 g/mol. The Labute approximate surface area is 271 Å². The van der Waals surface area contributed by atoms with Crippen LogP contribution in [0.2, 0.25) is 0 Å². The molecule has 0 radical (unpaired) electrons. The summed E-state index contributed by atoms with van der Waals surface area (Å²) in [6.45, 7) is 10.1. The summed E-state index contributed by atoms with van der Waals surface area (Å²) in [5.41, 5.74) is 7.76. The van der Waals surface area contributed by atoms with Gasteiger partial charge in [-0.25, -0.2) is 0 Å². The summed E-state index contributed by atoms with van der Waals surface area (Å²) in [7, 11) is 0. The van der Waals surface area contributed by atoms with E-state index in [2.05, 4.69) is 86.3 Å². The first-order valence-electron chi connectivity index (χ1n) is 15.5. The van der Waals surface area contributed by atoms with Crippen LogP contribution in [0.4, 0.5) is 0 Å². The fourth-order valence-corrected chi connectivity index (χ4v) is 8.91. The van der Waals surface area contributed by atoms with Gasteiger partial charge in [-0.1, -0.05) is 81.1 Å². The predicted octanol–water partition coefficient (Wildman–Crippen LogP) is 11.2. The lowest BCUT2D eigenvalue weighted by atomic mass is 9.91. The van der Waals surface area contributed by atoms with Crippen LogP contribution in [0.5, 0.6) is 0 Å². The summed E-state index contributed by atoms with van der Waals surface area (Å²) in [5.74, 6) is -0.345. The van der Waals surface area contributed by atoms with Crippen LogP contribution in [-0.2, 0) is 19.1 Å². The zero-order chi connectivity index (χ0) is 31.2. The largest absolute Gasteiger partial charge is 0.457 e. The van der Waals surface area contributed by atoms with Crippen LogP contribution in [0.15, 0.2) is 67.3 Å². The number of ether oxygens (including phenoxy) is 2. The van der Waals surface area contributed by atoms with Gasteiger partial charge in [0.25, 0.3) is 0 Å². The molecule has 0 spiro atoms. The molecule has 7 rings (SSSR count). The molecule has 2 atom stereocenters. The second-order valence-electron chi connectivity index (χ2n) is 11.5. The molecule has 0 fully saturated rings. The third-order valence-electron chi connectivity index (χ3n) is 8.76. The Balaban J connectivity index is 1.30. The van der Waals surface area contributed by atoms with E-state index in [0.717, 1.165) is 33.4 Å². The number of esters is 2. The number of carbonyl (C=O) groups is 2. The van der Waals surface area contributed by atoms with Gasteiger partial charge in [-0.05, 0) is 47.4 Å². The van der Waals surface area contributed by atoms with Gasteiger partial charge in [-0.15, -0.1) is 22.7 Å². The fourth-order valence-electron chi connectivity index (χ4n) is 6.56. The van der Waals surface area contributed by atoms with Crippen molar-refractivity contribution in [2.24, 2.45) is 0 Å². The van der Waals surface area contributed by atoms with Gasteiger partial charge in [0.05, 0.1) is 0 Å². The van der Waals surface area contributed by atoms with E-state index >= 15 is 0 Å². The Kier molecular flexibility index (Phi) is 7.80. The van der Waals surface area contributed by atoms with E-state index < -0.39 is 0 Å². The quantitative estimate of drug-likeness (QED) is 0.168. The van der Waals surface area contributed by atoms with Crippen molar-refractivity contribution in [3.8, 4) is 20.9 Å². The molecule has 45 heavy (non-hydrogen) atoms. The number of hydrogen-bond acceptors (Lipinski definition) is 6. The van der Waals surface area contributed by atoms with E-state index in [4.69, 9.17) is 9.47 Å². The van der Waals surface area contributed by atoms with Gasteiger partial charge in [-0.2, -0.15) is 0 Å². The molecule has 0 saturated carbocycles. The van der Waals surface area contributed by atoms with Gasteiger partial charge >= 0.3 is 11.9 Å². The maximum absolute atomic E-state index is 12.0. The second kappa shape index (κ2) is 11.9. The summed E-state index contributed by atoms with van der Waals surface area (Å²) in [5, 5.41) is 3.76. The first-order chi connectivity index (χ1) is 21.9. The highest BCUT2D eigenvalue weighted by atomic mass is 32.1. The second-order valence-corrected chi connectivity index (χ2v) is 13.8. The van der Waals surface area contributed by atoms with Crippen molar-refractivity contribution in [3.63, 3.8) is 0 Å². The molecule has 226 valence electrons. The molecule has 2 aliphatic carbocycles. The van der Waals surface area contributed by atoms with Crippen molar-refractivity contribution < 1.29 is 19.1 Å². The molecule has 4 nitrogen and oxygen atoms in total. The van der Waals surface area contributed by atoms with Crippen molar-refractivity contribution in [2.75, 3.05) is 0 Å². The number of carbonyl (C=O) groups excluding carboxylic acids is 2. The number of fused-ring (bicyclic) bond motifs is 5. The van der Waals surface area contributed by atoms with E-state index in [0.29, 0.717) is 25.7 Å². The van der Waals surface area contributed by atoms with Gasteiger partial charge in [0.2, 0.25) is 0 Å². The number of rotatable bonds is 7. The highest BCUT2D eigenvalue weighted by molar-refractivity contribution is 7.23. The maximum atomic E-state index is 12.0. The molecule has 0 aliphatic heterocycles. The van der Waals surface area contributed by atoms with Crippen molar-refractivity contribution in [1.29, 1.82) is 0 Å². The van der Waals surface area contributed by atoms with E-state index in [9.17, 15) is 9.59 Å². The lowest BCUT2D eigenvalue weighted by molar-refractivity contribution is -0.149. The lowest BCUT2D eigenvalue weighted by Crippen LogP contribution is -2.13. The van der Waals surface area contributed by atoms with Crippen LogP contribution < -0.4 is 0 Å². The van der Waals surface area contributed by atoms with E-state index in [1.54, 1.807) is 11.3 Å². The maximum Gasteiger partial charge on any atom is 0.306 e. The molecular formula is C39H34O4S2. The lowest BCUT2D eigenvalue weighted by Gasteiger charge is -2.22. The third-order valence-corrected chi connectivity index (χ3v) is 11.2. The number of hydrogen-bond donors (Lipinski definition) is 0. The Morgan fingerprint density at radius 1 is 0.800 bits per heavy atom. The number of benzene rings is 3. The molecule has 0 bridgehead atoms. The van der Waals surface area contributed by atoms with Crippen molar-refractivity contribution in [3.05, 3.63) is 100.0 Å². The minimum Gasteiger partial charge on any atom is -0.457 e. The first kappa shape index (κ1) is 29.5. The zero-order valence-corrected chi connectivity index (χ0v) is 27.3. The van der Waals surface area contributed by atoms with Crippen LogP contribution in [-0.4, -0.2) is 11.9 Å². The van der Waals surface area contributed by atoms with E-state index in [1.165, 1.54) is 41.1 Å². The van der Waals surface area contributed by atoms with Gasteiger partial charge in [-0.3, -0.25) is 9.59 Å². The predicted molar refractivity (Wildman–Crippen MR) is 188 cm³/mol. The minimum absolute atomic E-state index is 0.170. The summed E-state index contributed by atoms with van der Waals surface area (Å²) in [4.78, 5) is 27.8. The highest BCUT2D eigenvalue weighted by Crippen LogP contribution is 2.49. The molecule has 0 N–H and O–H groups in total. The van der Waals surface area contributed by atoms with Crippen molar-refractivity contribution in [2.45, 2.75) is 58.7 Å². The normalized spacial score (nSPS) is 16.9. The smallest absolute Gasteiger partial charge is 0.306 e. The Morgan fingerprint density at radius 3 is 1.93 bits per heavy atom. The van der Waals surface area contributed by atoms with Gasteiger partial charge in [0.15, 0.2) is 0 Å². The molecule has 5 aromatic rings. The molecule has 0 saturated heterocycles. The van der Waals surface area contributed by atoms with Crippen LogP contribution in [0.1, 0.15) is 84.4 Å². The van der Waals surface area contributed by atoms with E-state index in [1.807, 2.05) is 31.3 Å². The Bertz CT molecular complexity index is 2070.